The summed E-state index contributed by atoms with van der Waals surface area (Å²) < 4.78 is 13.0. The molecule has 1 saturated carbocycles. The van der Waals surface area contributed by atoms with E-state index in [-0.39, 0.29) is 17.7 Å². The van der Waals surface area contributed by atoms with Crippen molar-refractivity contribution in [1.29, 1.82) is 0 Å². The number of carbonyl (C=O) groups excluding carboxylic acids is 2. The lowest BCUT2D eigenvalue weighted by atomic mass is 9.71. The van der Waals surface area contributed by atoms with Crippen LogP contribution in [0.5, 0.6) is 0 Å². The number of hydrogen-bond acceptors (Lipinski definition) is 2. The van der Waals surface area contributed by atoms with E-state index in [4.69, 9.17) is 0 Å². The second-order valence-electron chi connectivity index (χ2n) is 7.12. The SMILES string of the molecule is C=CC(=O)N1CCC(C(=O)NCC2CC(F)C2)(c2ccccc2)CC1. The Balaban J connectivity index is 1.73. The van der Waals surface area contributed by atoms with E-state index >= 15 is 0 Å². The van der Waals surface area contributed by atoms with Crippen molar-refractivity contribution in [3.05, 3.63) is 48.6 Å². The zero-order chi connectivity index (χ0) is 17.9. The summed E-state index contributed by atoms with van der Waals surface area (Å²) in [5, 5.41) is 3.04. The van der Waals surface area contributed by atoms with Gasteiger partial charge in [-0.05, 0) is 43.2 Å². The van der Waals surface area contributed by atoms with Gasteiger partial charge in [0.2, 0.25) is 11.8 Å². The normalized spacial score (nSPS) is 24.9. The summed E-state index contributed by atoms with van der Waals surface area (Å²) >= 11 is 0. The number of likely N-dealkylation sites (tertiary alicyclic amines) is 1. The fourth-order valence-corrected chi connectivity index (χ4v) is 3.87. The van der Waals surface area contributed by atoms with E-state index in [0.717, 1.165) is 5.56 Å². The molecule has 1 aromatic rings. The van der Waals surface area contributed by atoms with Crippen LogP contribution in [0.3, 0.4) is 0 Å². The molecule has 0 spiro atoms. The van der Waals surface area contributed by atoms with Crippen LogP contribution in [0.15, 0.2) is 43.0 Å². The molecular weight excluding hydrogens is 319 g/mol. The van der Waals surface area contributed by atoms with Crippen molar-refractivity contribution in [3.8, 4) is 0 Å². The molecule has 1 aliphatic carbocycles. The standard InChI is InChI=1S/C20H25FN2O2/c1-2-18(24)23-10-8-20(9-11-23,16-6-4-3-5-7-16)19(25)22-14-15-12-17(21)13-15/h2-7,15,17H,1,8-14H2,(H,22,25). The van der Waals surface area contributed by atoms with E-state index in [1.54, 1.807) is 4.90 Å². The fraction of sp³-hybridized carbons (Fsp3) is 0.500. The summed E-state index contributed by atoms with van der Waals surface area (Å²) in [5.74, 6) is 0.145. The van der Waals surface area contributed by atoms with Crippen molar-refractivity contribution >= 4 is 11.8 Å². The number of carbonyl (C=O) groups is 2. The Labute approximate surface area is 148 Å². The third kappa shape index (κ3) is 3.60. The molecule has 4 nitrogen and oxygen atoms in total. The number of nitrogens with one attached hydrogen (secondary N) is 1. The second kappa shape index (κ2) is 7.38. The largest absolute Gasteiger partial charge is 0.355 e. The summed E-state index contributed by atoms with van der Waals surface area (Å²) in [4.78, 5) is 26.6. The average molecular weight is 344 g/mol. The lowest BCUT2D eigenvalue weighted by molar-refractivity contribution is -0.134. The molecule has 0 aromatic heterocycles. The molecular formula is C20H25FN2O2. The number of alkyl halides is 1. The van der Waals surface area contributed by atoms with Gasteiger partial charge < -0.3 is 10.2 Å². The molecule has 5 heteroatoms. The van der Waals surface area contributed by atoms with Crippen LogP contribution in [0.25, 0.3) is 0 Å². The molecule has 1 aromatic carbocycles. The highest BCUT2D eigenvalue weighted by Gasteiger charge is 2.43. The number of rotatable bonds is 5. The van der Waals surface area contributed by atoms with Gasteiger partial charge in [0.1, 0.15) is 6.17 Å². The van der Waals surface area contributed by atoms with Gasteiger partial charge in [-0.2, -0.15) is 0 Å². The van der Waals surface area contributed by atoms with Crippen molar-refractivity contribution in [3.63, 3.8) is 0 Å². The molecule has 1 heterocycles. The Morgan fingerprint density at radius 1 is 1.24 bits per heavy atom. The number of amides is 2. The smallest absolute Gasteiger partial charge is 0.245 e. The number of piperidine rings is 1. The fourth-order valence-electron chi connectivity index (χ4n) is 3.87. The summed E-state index contributed by atoms with van der Waals surface area (Å²) in [6, 6.07) is 9.76. The minimum atomic E-state index is -0.710. The van der Waals surface area contributed by atoms with Crippen LogP contribution < -0.4 is 5.32 Å². The molecule has 2 amide bonds. The molecule has 25 heavy (non-hydrogen) atoms. The van der Waals surface area contributed by atoms with E-state index in [0.29, 0.717) is 45.3 Å². The van der Waals surface area contributed by atoms with Crippen molar-refractivity contribution in [2.75, 3.05) is 19.6 Å². The molecule has 134 valence electrons. The van der Waals surface area contributed by atoms with Crippen molar-refractivity contribution in [2.45, 2.75) is 37.3 Å². The zero-order valence-electron chi connectivity index (χ0n) is 14.4. The van der Waals surface area contributed by atoms with E-state index < -0.39 is 11.6 Å². The molecule has 2 fully saturated rings. The molecule has 3 rings (SSSR count). The summed E-state index contributed by atoms with van der Waals surface area (Å²) in [5.41, 5.74) is 0.355. The number of benzene rings is 1. The van der Waals surface area contributed by atoms with Gasteiger partial charge in [0, 0.05) is 19.6 Å². The number of halogens is 1. The average Bonchev–Trinajstić information content (AvgIpc) is 2.64. The van der Waals surface area contributed by atoms with Gasteiger partial charge in [0.05, 0.1) is 5.41 Å². The predicted octanol–water partition coefficient (Wildman–Crippen LogP) is 2.60. The molecule has 0 radical (unpaired) electrons. The van der Waals surface area contributed by atoms with Gasteiger partial charge in [-0.1, -0.05) is 36.9 Å². The Hall–Kier alpha value is -2.17. The maximum Gasteiger partial charge on any atom is 0.245 e. The lowest BCUT2D eigenvalue weighted by Gasteiger charge is -2.41. The summed E-state index contributed by atoms with van der Waals surface area (Å²) in [6.45, 7) is 5.13. The minimum absolute atomic E-state index is 0.00768. The number of nitrogens with zero attached hydrogens (tertiary/aromatic N) is 1. The predicted molar refractivity (Wildman–Crippen MR) is 94.8 cm³/mol. The third-order valence-electron chi connectivity index (χ3n) is 5.59. The topological polar surface area (TPSA) is 49.4 Å². The maximum absolute atomic E-state index is 13.1. The maximum atomic E-state index is 13.1. The van der Waals surface area contributed by atoms with Gasteiger partial charge >= 0.3 is 0 Å². The minimum Gasteiger partial charge on any atom is -0.355 e. The first kappa shape index (κ1) is 17.6. The van der Waals surface area contributed by atoms with Gasteiger partial charge in [0.25, 0.3) is 0 Å². The number of hydrogen-bond donors (Lipinski definition) is 1. The Kier molecular flexibility index (Phi) is 5.21. The first-order valence-electron chi connectivity index (χ1n) is 8.94. The van der Waals surface area contributed by atoms with E-state index in [2.05, 4.69) is 11.9 Å². The Bertz CT molecular complexity index is 632. The molecule has 1 saturated heterocycles. The Morgan fingerprint density at radius 3 is 2.44 bits per heavy atom. The van der Waals surface area contributed by atoms with Crippen molar-refractivity contribution in [1.82, 2.24) is 10.2 Å². The zero-order valence-corrected chi connectivity index (χ0v) is 14.4. The second-order valence-corrected chi connectivity index (χ2v) is 7.12. The molecule has 1 N–H and O–H groups in total. The van der Waals surface area contributed by atoms with E-state index in [1.807, 2.05) is 30.3 Å². The van der Waals surface area contributed by atoms with Crippen LogP contribution in [0.4, 0.5) is 4.39 Å². The van der Waals surface area contributed by atoms with Crippen molar-refractivity contribution in [2.24, 2.45) is 5.92 Å². The molecule has 0 bridgehead atoms. The first-order chi connectivity index (χ1) is 12.0. The Morgan fingerprint density at radius 2 is 1.88 bits per heavy atom. The van der Waals surface area contributed by atoms with Crippen molar-refractivity contribution < 1.29 is 14.0 Å². The van der Waals surface area contributed by atoms with E-state index in [9.17, 15) is 14.0 Å². The third-order valence-corrected chi connectivity index (χ3v) is 5.59. The lowest BCUT2D eigenvalue weighted by Crippen LogP contribution is -2.53. The van der Waals surface area contributed by atoms with Crippen LogP contribution in [0.2, 0.25) is 0 Å². The highest BCUT2D eigenvalue weighted by molar-refractivity contribution is 5.90. The molecule has 2 aliphatic rings. The van der Waals surface area contributed by atoms with Crippen LogP contribution in [0.1, 0.15) is 31.2 Å². The van der Waals surface area contributed by atoms with E-state index in [1.165, 1.54) is 6.08 Å². The van der Waals surface area contributed by atoms with Gasteiger partial charge in [-0.15, -0.1) is 0 Å². The first-order valence-corrected chi connectivity index (χ1v) is 8.94. The molecule has 0 unspecified atom stereocenters. The monoisotopic (exact) mass is 344 g/mol. The van der Waals surface area contributed by atoms with Crippen LogP contribution in [0, 0.1) is 5.92 Å². The molecule has 1 aliphatic heterocycles. The van der Waals surface area contributed by atoms with Gasteiger partial charge in [-0.25, -0.2) is 4.39 Å². The van der Waals surface area contributed by atoms with Crippen LogP contribution >= 0.6 is 0 Å². The summed E-state index contributed by atoms with van der Waals surface area (Å²) in [7, 11) is 0. The highest BCUT2D eigenvalue weighted by Crippen LogP contribution is 2.36. The highest BCUT2D eigenvalue weighted by atomic mass is 19.1. The van der Waals surface area contributed by atoms with Crippen LogP contribution in [-0.2, 0) is 15.0 Å². The van der Waals surface area contributed by atoms with Gasteiger partial charge in [0.15, 0.2) is 0 Å². The molecule has 0 atom stereocenters. The van der Waals surface area contributed by atoms with Crippen LogP contribution in [-0.4, -0.2) is 42.5 Å². The summed E-state index contributed by atoms with van der Waals surface area (Å²) in [6.07, 6.45) is 2.86. The van der Waals surface area contributed by atoms with Gasteiger partial charge in [-0.3, -0.25) is 9.59 Å². The quantitative estimate of drug-likeness (QED) is 0.835.